The highest BCUT2D eigenvalue weighted by Gasteiger charge is 2.26. The second kappa shape index (κ2) is 4.25. The molecule has 0 saturated heterocycles. The Hall–Kier alpha value is -1.18. The highest BCUT2D eigenvalue weighted by atomic mass is 16.5. The third-order valence-electron chi connectivity index (χ3n) is 3.13. The van der Waals surface area contributed by atoms with E-state index < -0.39 is 0 Å². The summed E-state index contributed by atoms with van der Waals surface area (Å²) in [5.41, 5.74) is 2.68. The first-order valence-corrected chi connectivity index (χ1v) is 6.36. The Kier molecular flexibility index (Phi) is 3.07. The predicted molar refractivity (Wildman–Crippen MR) is 73.1 cm³/mol. The lowest BCUT2D eigenvalue weighted by molar-refractivity contribution is 0.303. The van der Waals surface area contributed by atoms with E-state index in [1.54, 1.807) is 0 Å². The van der Waals surface area contributed by atoms with E-state index in [0.29, 0.717) is 6.10 Å². The maximum Gasteiger partial charge on any atom is 0.143 e. The molecule has 0 atom stereocenters. The number of ether oxygens (including phenoxy) is 1. The minimum atomic E-state index is 0.173. The van der Waals surface area contributed by atoms with E-state index in [1.165, 1.54) is 24.1 Å². The SMILES string of the molecule is CN(C)c1ccc(C(C)(C)C)cc1OC1CC1. The average molecular weight is 233 g/mol. The van der Waals surface area contributed by atoms with Crippen molar-refractivity contribution in [3.05, 3.63) is 23.8 Å². The molecule has 2 nitrogen and oxygen atoms in total. The van der Waals surface area contributed by atoms with Gasteiger partial charge in [-0.2, -0.15) is 0 Å². The molecule has 0 unspecified atom stereocenters. The zero-order valence-corrected chi connectivity index (χ0v) is 11.6. The number of hydrogen-bond acceptors (Lipinski definition) is 2. The molecule has 2 rings (SSSR count). The maximum atomic E-state index is 6.01. The lowest BCUT2D eigenvalue weighted by Gasteiger charge is -2.23. The lowest BCUT2D eigenvalue weighted by atomic mass is 9.87. The van der Waals surface area contributed by atoms with Crippen LogP contribution in [0.3, 0.4) is 0 Å². The molecule has 0 N–H and O–H groups in total. The summed E-state index contributed by atoms with van der Waals surface area (Å²) in [4.78, 5) is 2.12. The molecular formula is C15H23NO. The van der Waals surface area contributed by atoms with Crippen molar-refractivity contribution in [1.29, 1.82) is 0 Å². The van der Waals surface area contributed by atoms with E-state index in [-0.39, 0.29) is 5.41 Å². The summed E-state index contributed by atoms with van der Waals surface area (Å²) in [5, 5.41) is 0. The van der Waals surface area contributed by atoms with E-state index in [1.807, 2.05) is 0 Å². The van der Waals surface area contributed by atoms with Gasteiger partial charge >= 0.3 is 0 Å². The number of nitrogens with zero attached hydrogens (tertiary/aromatic N) is 1. The molecular weight excluding hydrogens is 210 g/mol. The van der Waals surface area contributed by atoms with Crippen molar-refractivity contribution < 1.29 is 4.74 Å². The second-order valence-corrected chi connectivity index (χ2v) is 6.14. The van der Waals surface area contributed by atoms with Crippen molar-refractivity contribution in [2.45, 2.75) is 45.1 Å². The molecule has 1 fully saturated rings. The summed E-state index contributed by atoms with van der Waals surface area (Å²) in [6.45, 7) is 6.70. The van der Waals surface area contributed by atoms with Crippen molar-refractivity contribution in [3.8, 4) is 5.75 Å². The molecule has 1 aromatic rings. The van der Waals surface area contributed by atoms with Gasteiger partial charge in [-0.05, 0) is 36.0 Å². The third-order valence-corrected chi connectivity index (χ3v) is 3.13. The van der Waals surface area contributed by atoms with Gasteiger partial charge in [0.15, 0.2) is 0 Å². The van der Waals surface area contributed by atoms with Crippen molar-refractivity contribution >= 4 is 5.69 Å². The molecule has 0 radical (unpaired) electrons. The third kappa shape index (κ3) is 2.93. The molecule has 0 aromatic heterocycles. The van der Waals surface area contributed by atoms with Crippen molar-refractivity contribution in [2.24, 2.45) is 0 Å². The fourth-order valence-corrected chi connectivity index (χ4v) is 1.81. The van der Waals surface area contributed by atoms with Gasteiger partial charge in [0.1, 0.15) is 5.75 Å². The van der Waals surface area contributed by atoms with Crippen molar-refractivity contribution in [1.82, 2.24) is 0 Å². The van der Waals surface area contributed by atoms with Gasteiger partial charge in [-0.3, -0.25) is 0 Å². The van der Waals surface area contributed by atoms with Gasteiger partial charge in [0.05, 0.1) is 11.8 Å². The number of anilines is 1. The Bertz CT molecular complexity index is 400. The first kappa shape index (κ1) is 12.3. The van der Waals surface area contributed by atoms with Gasteiger partial charge in [-0.25, -0.2) is 0 Å². The Morgan fingerprint density at radius 3 is 2.29 bits per heavy atom. The van der Waals surface area contributed by atoms with E-state index in [4.69, 9.17) is 4.74 Å². The summed E-state index contributed by atoms with van der Waals surface area (Å²) in [7, 11) is 4.12. The standard InChI is InChI=1S/C15H23NO/c1-15(2,3)11-6-9-13(16(4)5)14(10-11)17-12-7-8-12/h6,9-10,12H,7-8H2,1-5H3. The largest absolute Gasteiger partial charge is 0.488 e. The first-order chi connectivity index (χ1) is 7.88. The molecule has 0 bridgehead atoms. The number of benzene rings is 1. The predicted octanol–water partition coefficient (Wildman–Crippen LogP) is 3.59. The highest BCUT2D eigenvalue weighted by Crippen LogP contribution is 2.36. The summed E-state index contributed by atoms with van der Waals surface area (Å²) in [6, 6.07) is 6.57. The zero-order chi connectivity index (χ0) is 12.6. The van der Waals surface area contributed by atoms with Gasteiger partial charge in [0.25, 0.3) is 0 Å². The number of rotatable bonds is 3. The Morgan fingerprint density at radius 2 is 1.82 bits per heavy atom. The lowest BCUT2D eigenvalue weighted by Crippen LogP contribution is -2.15. The van der Waals surface area contributed by atoms with E-state index in [0.717, 1.165) is 5.75 Å². The van der Waals surface area contributed by atoms with Gasteiger partial charge in [0, 0.05) is 14.1 Å². The van der Waals surface area contributed by atoms with Crippen LogP contribution in [0.15, 0.2) is 18.2 Å². The Labute approximate surface area is 105 Å². The van der Waals surface area contributed by atoms with Gasteiger partial charge in [-0.15, -0.1) is 0 Å². The molecule has 0 heterocycles. The summed E-state index contributed by atoms with van der Waals surface area (Å²) in [5.74, 6) is 1.03. The van der Waals surface area contributed by atoms with Crippen LogP contribution in [0.4, 0.5) is 5.69 Å². The van der Waals surface area contributed by atoms with Gasteiger partial charge < -0.3 is 9.64 Å². The second-order valence-electron chi connectivity index (χ2n) is 6.14. The molecule has 94 valence electrons. The maximum absolute atomic E-state index is 6.01. The quantitative estimate of drug-likeness (QED) is 0.791. The van der Waals surface area contributed by atoms with Crippen LogP contribution in [0.5, 0.6) is 5.75 Å². The molecule has 0 spiro atoms. The van der Waals surface area contributed by atoms with Crippen LogP contribution in [0.1, 0.15) is 39.2 Å². The van der Waals surface area contributed by atoms with Gasteiger partial charge in [-0.1, -0.05) is 26.8 Å². The normalized spacial score (nSPS) is 15.8. The van der Waals surface area contributed by atoms with Crippen molar-refractivity contribution in [2.75, 3.05) is 19.0 Å². The summed E-state index contributed by atoms with van der Waals surface area (Å²) >= 11 is 0. The summed E-state index contributed by atoms with van der Waals surface area (Å²) in [6.07, 6.45) is 2.85. The van der Waals surface area contributed by atoms with Gasteiger partial charge in [0.2, 0.25) is 0 Å². The van der Waals surface area contributed by atoms with Crippen LogP contribution in [-0.2, 0) is 5.41 Å². The molecule has 2 heteroatoms. The molecule has 0 amide bonds. The van der Waals surface area contributed by atoms with Crippen LogP contribution in [0.2, 0.25) is 0 Å². The summed E-state index contributed by atoms with van der Waals surface area (Å²) < 4.78 is 6.01. The topological polar surface area (TPSA) is 12.5 Å². The van der Waals surface area contributed by atoms with Crippen LogP contribution in [0.25, 0.3) is 0 Å². The average Bonchev–Trinajstić information content (AvgIpc) is 2.99. The van der Waals surface area contributed by atoms with Crippen LogP contribution >= 0.6 is 0 Å². The molecule has 1 aliphatic carbocycles. The Balaban J connectivity index is 2.34. The Morgan fingerprint density at radius 1 is 1.18 bits per heavy atom. The monoisotopic (exact) mass is 233 g/mol. The fraction of sp³-hybridized carbons (Fsp3) is 0.600. The van der Waals surface area contributed by atoms with E-state index in [9.17, 15) is 0 Å². The minimum absolute atomic E-state index is 0.173. The fourth-order valence-electron chi connectivity index (χ4n) is 1.81. The minimum Gasteiger partial charge on any atom is -0.488 e. The van der Waals surface area contributed by atoms with Crippen LogP contribution in [-0.4, -0.2) is 20.2 Å². The highest BCUT2D eigenvalue weighted by molar-refractivity contribution is 5.59. The smallest absolute Gasteiger partial charge is 0.143 e. The van der Waals surface area contributed by atoms with Crippen molar-refractivity contribution in [3.63, 3.8) is 0 Å². The van der Waals surface area contributed by atoms with Crippen LogP contribution < -0.4 is 9.64 Å². The molecule has 17 heavy (non-hydrogen) atoms. The zero-order valence-electron chi connectivity index (χ0n) is 11.6. The molecule has 1 saturated carbocycles. The van der Waals surface area contributed by atoms with E-state index in [2.05, 4.69) is 58.0 Å². The number of hydrogen-bond donors (Lipinski definition) is 0. The first-order valence-electron chi connectivity index (χ1n) is 6.36. The van der Waals surface area contributed by atoms with Crippen LogP contribution in [0, 0.1) is 0 Å². The van der Waals surface area contributed by atoms with E-state index >= 15 is 0 Å². The molecule has 1 aliphatic rings. The molecule has 1 aromatic carbocycles. The molecule has 0 aliphatic heterocycles.